The molecule has 0 aromatic heterocycles. The highest BCUT2D eigenvalue weighted by Gasteiger charge is 2.28. The molecule has 0 spiro atoms. The van der Waals surface area contributed by atoms with Crippen molar-refractivity contribution in [1.29, 1.82) is 0 Å². The fourth-order valence-electron chi connectivity index (χ4n) is 1.56. The fourth-order valence-corrected chi connectivity index (χ4v) is 1.56. The van der Waals surface area contributed by atoms with Gasteiger partial charge in [-0.1, -0.05) is 13.2 Å². The Morgan fingerprint density at radius 1 is 1.00 bits per heavy atom. The van der Waals surface area contributed by atoms with Gasteiger partial charge in [-0.3, -0.25) is 9.59 Å². The number of hydrogen-bond donors (Lipinski definition) is 2. The molecule has 7 nitrogen and oxygen atoms in total. The number of urea groups is 1. The first-order valence-corrected chi connectivity index (χ1v) is 6.24. The Hall–Kier alpha value is -2.31. The Kier molecular flexibility index (Phi) is 5.31. The number of hydrogen-bond acceptors (Lipinski definition) is 3. The zero-order valence-electron chi connectivity index (χ0n) is 11.9. The number of nitrogens with one attached hydrogen (secondary N) is 2. The van der Waals surface area contributed by atoms with Gasteiger partial charge in [-0.15, -0.1) is 0 Å². The van der Waals surface area contributed by atoms with Crippen molar-refractivity contribution in [2.24, 2.45) is 0 Å². The summed E-state index contributed by atoms with van der Waals surface area (Å²) in [7, 11) is 0. The summed E-state index contributed by atoms with van der Waals surface area (Å²) in [4.78, 5) is 37.7. The standard InChI is InChI=1S/C13H20N4O3/c1-9(2)11(18)14-7-16-5-6-17(13(16)20)8-15-12(19)10(3)4/h1,3,5-8H2,2,4H3,(H,14,18)(H,15,19). The highest BCUT2D eigenvalue weighted by molar-refractivity contribution is 5.93. The van der Waals surface area contributed by atoms with E-state index >= 15 is 0 Å². The Morgan fingerprint density at radius 2 is 1.35 bits per heavy atom. The summed E-state index contributed by atoms with van der Waals surface area (Å²) < 4.78 is 0. The van der Waals surface area contributed by atoms with Gasteiger partial charge < -0.3 is 20.4 Å². The predicted octanol–water partition coefficient (Wildman–Crippen LogP) is 0.0236. The predicted molar refractivity (Wildman–Crippen MR) is 74.5 cm³/mol. The SMILES string of the molecule is C=C(C)C(=O)NCN1CCN(CNC(=O)C(=C)C)C1=O. The summed E-state index contributed by atoms with van der Waals surface area (Å²) in [6.07, 6.45) is 0. The van der Waals surface area contributed by atoms with Gasteiger partial charge in [0.05, 0.1) is 13.3 Å². The lowest BCUT2D eigenvalue weighted by atomic mass is 10.3. The highest BCUT2D eigenvalue weighted by Crippen LogP contribution is 2.06. The van der Waals surface area contributed by atoms with Crippen molar-refractivity contribution < 1.29 is 14.4 Å². The third-order valence-corrected chi connectivity index (χ3v) is 2.82. The molecule has 0 aliphatic carbocycles. The monoisotopic (exact) mass is 280 g/mol. The molecule has 1 rings (SSSR count). The molecule has 0 radical (unpaired) electrons. The summed E-state index contributed by atoms with van der Waals surface area (Å²) >= 11 is 0. The summed E-state index contributed by atoms with van der Waals surface area (Å²) in [6, 6.07) is -0.228. The minimum atomic E-state index is -0.285. The van der Waals surface area contributed by atoms with Gasteiger partial charge in [0.25, 0.3) is 0 Å². The molecule has 2 N–H and O–H groups in total. The maximum atomic E-state index is 12.0. The topological polar surface area (TPSA) is 81.8 Å². The molecule has 0 atom stereocenters. The van der Waals surface area contributed by atoms with Gasteiger partial charge in [0.1, 0.15) is 0 Å². The molecular weight excluding hydrogens is 260 g/mol. The molecule has 1 aliphatic rings. The minimum Gasteiger partial charge on any atom is -0.335 e. The molecule has 1 fully saturated rings. The second kappa shape index (κ2) is 6.74. The van der Waals surface area contributed by atoms with E-state index in [1.54, 1.807) is 13.8 Å². The van der Waals surface area contributed by atoms with E-state index in [0.29, 0.717) is 24.2 Å². The number of nitrogens with zero attached hydrogens (tertiary/aromatic N) is 2. The Balaban J connectivity index is 2.40. The maximum absolute atomic E-state index is 12.0. The fraction of sp³-hybridized carbons (Fsp3) is 0.462. The molecule has 0 bridgehead atoms. The normalized spacial score (nSPS) is 14.2. The van der Waals surface area contributed by atoms with Gasteiger partial charge in [0.2, 0.25) is 11.8 Å². The lowest BCUT2D eigenvalue weighted by molar-refractivity contribution is -0.118. The Morgan fingerprint density at radius 3 is 1.65 bits per heavy atom. The highest BCUT2D eigenvalue weighted by atomic mass is 16.2. The summed E-state index contributed by atoms with van der Waals surface area (Å²) in [5.74, 6) is -0.571. The molecule has 1 heterocycles. The average Bonchev–Trinajstić information content (AvgIpc) is 2.73. The Bertz CT molecular complexity index is 419. The lowest BCUT2D eigenvalue weighted by Crippen LogP contribution is -2.43. The van der Waals surface area contributed by atoms with E-state index in [2.05, 4.69) is 23.8 Å². The van der Waals surface area contributed by atoms with Crippen LogP contribution in [0.1, 0.15) is 13.8 Å². The lowest BCUT2D eigenvalue weighted by Gasteiger charge is -2.19. The van der Waals surface area contributed by atoms with E-state index in [0.717, 1.165) is 0 Å². The van der Waals surface area contributed by atoms with Crippen LogP contribution in [0.25, 0.3) is 0 Å². The third-order valence-electron chi connectivity index (χ3n) is 2.82. The Labute approximate surface area is 118 Å². The van der Waals surface area contributed by atoms with E-state index < -0.39 is 0 Å². The van der Waals surface area contributed by atoms with Gasteiger partial charge in [0.15, 0.2) is 0 Å². The molecule has 7 heteroatoms. The van der Waals surface area contributed by atoms with Crippen molar-refractivity contribution in [3.8, 4) is 0 Å². The summed E-state index contributed by atoms with van der Waals surface area (Å²) in [5, 5.41) is 5.19. The van der Waals surface area contributed by atoms with Crippen LogP contribution in [0.5, 0.6) is 0 Å². The second-order valence-corrected chi connectivity index (χ2v) is 4.70. The van der Waals surface area contributed by atoms with Crippen LogP contribution in [0.15, 0.2) is 24.3 Å². The first kappa shape index (κ1) is 15.7. The molecule has 0 saturated carbocycles. The molecule has 0 aromatic carbocycles. The van der Waals surface area contributed by atoms with Crippen LogP contribution in [0.3, 0.4) is 0 Å². The number of amides is 4. The van der Waals surface area contributed by atoms with E-state index in [1.165, 1.54) is 9.80 Å². The van der Waals surface area contributed by atoms with Crippen molar-refractivity contribution in [2.75, 3.05) is 26.4 Å². The molecule has 4 amide bonds. The number of rotatable bonds is 6. The largest absolute Gasteiger partial charge is 0.335 e. The quantitative estimate of drug-likeness (QED) is 0.673. The van der Waals surface area contributed by atoms with Gasteiger partial charge >= 0.3 is 6.03 Å². The van der Waals surface area contributed by atoms with Crippen LogP contribution >= 0.6 is 0 Å². The first-order chi connectivity index (χ1) is 9.32. The van der Waals surface area contributed by atoms with Gasteiger partial charge in [-0.2, -0.15) is 0 Å². The third kappa shape index (κ3) is 4.11. The zero-order valence-corrected chi connectivity index (χ0v) is 11.9. The summed E-state index contributed by atoms with van der Waals surface area (Å²) in [5.41, 5.74) is 0.782. The molecule has 20 heavy (non-hydrogen) atoms. The van der Waals surface area contributed by atoms with Crippen LogP contribution < -0.4 is 10.6 Å². The van der Waals surface area contributed by atoms with Crippen LogP contribution in [0.4, 0.5) is 4.79 Å². The minimum absolute atomic E-state index is 0.134. The summed E-state index contributed by atoms with van der Waals surface area (Å²) in [6.45, 7) is 11.5. The number of carbonyl (C=O) groups excluding carboxylic acids is 3. The van der Waals surface area contributed by atoms with Crippen molar-refractivity contribution in [3.63, 3.8) is 0 Å². The van der Waals surface area contributed by atoms with E-state index in [4.69, 9.17) is 0 Å². The molecule has 1 saturated heterocycles. The smallest absolute Gasteiger partial charge is 0.322 e. The second-order valence-electron chi connectivity index (χ2n) is 4.70. The van der Waals surface area contributed by atoms with Gasteiger partial charge in [0, 0.05) is 24.2 Å². The van der Waals surface area contributed by atoms with Crippen molar-refractivity contribution in [2.45, 2.75) is 13.8 Å². The zero-order chi connectivity index (χ0) is 15.3. The van der Waals surface area contributed by atoms with Crippen molar-refractivity contribution in [3.05, 3.63) is 24.3 Å². The van der Waals surface area contributed by atoms with E-state index in [-0.39, 0.29) is 31.2 Å². The first-order valence-electron chi connectivity index (χ1n) is 6.24. The van der Waals surface area contributed by atoms with E-state index in [9.17, 15) is 14.4 Å². The molecule has 1 aliphatic heterocycles. The van der Waals surface area contributed by atoms with E-state index in [1.807, 2.05) is 0 Å². The molecule has 0 aromatic rings. The maximum Gasteiger partial charge on any atom is 0.322 e. The van der Waals surface area contributed by atoms with Crippen molar-refractivity contribution >= 4 is 17.8 Å². The molecule has 0 unspecified atom stereocenters. The number of carbonyl (C=O) groups is 3. The average molecular weight is 280 g/mol. The molecular formula is C13H20N4O3. The van der Waals surface area contributed by atoms with Gasteiger partial charge in [-0.05, 0) is 13.8 Å². The molecule has 110 valence electrons. The van der Waals surface area contributed by atoms with Crippen LogP contribution in [0.2, 0.25) is 0 Å². The van der Waals surface area contributed by atoms with Crippen LogP contribution in [0, 0.1) is 0 Å². The van der Waals surface area contributed by atoms with Crippen LogP contribution in [-0.4, -0.2) is 54.1 Å². The van der Waals surface area contributed by atoms with Gasteiger partial charge in [-0.25, -0.2) is 4.79 Å². The van der Waals surface area contributed by atoms with Crippen LogP contribution in [-0.2, 0) is 9.59 Å². The van der Waals surface area contributed by atoms with Crippen molar-refractivity contribution in [1.82, 2.24) is 20.4 Å².